The second-order valence-electron chi connectivity index (χ2n) is 6.45. The van der Waals surface area contributed by atoms with Gasteiger partial charge in [-0.15, -0.1) is 11.8 Å². The van der Waals surface area contributed by atoms with Gasteiger partial charge >= 0.3 is 0 Å². The van der Waals surface area contributed by atoms with E-state index in [9.17, 15) is 19.3 Å². The number of carbonyl (C=O) groups is 1. The summed E-state index contributed by atoms with van der Waals surface area (Å²) in [5.74, 6) is -0.117. The largest absolute Gasteiger partial charge is 0.336 e. The molecule has 0 spiro atoms. The minimum Gasteiger partial charge on any atom is -0.336 e. The lowest BCUT2D eigenvalue weighted by atomic mass is 10.1. The molecule has 3 rings (SSSR count). The van der Waals surface area contributed by atoms with E-state index in [1.54, 1.807) is 29.2 Å². The molecule has 2 aromatic carbocycles. The van der Waals surface area contributed by atoms with E-state index < -0.39 is 4.92 Å². The second-order valence-corrected chi connectivity index (χ2v) is 7.47. The van der Waals surface area contributed by atoms with Crippen LogP contribution < -0.4 is 0 Å². The number of likely N-dealkylation sites (N-methyl/N-ethyl adjacent to an activating group) is 1. The quantitative estimate of drug-likeness (QED) is 0.445. The highest BCUT2D eigenvalue weighted by Gasteiger charge is 2.23. The fourth-order valence-electron chi connectivity index (χ4n) is 2.90. The van der Waals surface area contributed by atoms with Crippen molar-refractivity contribution in [2.45, 2.75) is 10.6 Å². The highest BCUT2D eigenvalue weighted by Crippen LogP contribution is 2.32. The van der Waals surface area contributed by atoms with Gasteiger partial charge in [0.15, 0.2) is 0 Å². The van der Waals surface area contributed by atoms with E-state index in [2.05, 4.69) is 4.90 Å². The van der Waals surface area contributed by atoms with Gasteiger partial charge in [-0.05, 0) is 36.9 Å². The molecule has 1 amide bonds. The van der Waals surface area contributed by atoms with Gasteiger partial charge < -0.3 is 9.80 Å². The average molecular weight is 389 g/mol. The molecule has 2 aromatic rings. The molecule has 27 heavy (non-hydrogen) atoms. The Labute approximate surface area is 161 Å². The Kier molecular flexibility index (Phi) is 6.08. The van der Waals surface area contributed by atoms with Gasteiger partial charge in [0.2, 0.25) is 0 Å². The lowest BCUT2D eigenvalue weighted by Crippen LogP contribution is -2.47. The first kappa shape index (κ1) is 19.3. The molecule has 1 aliphatic rings. The van der Waals surface area contributed by atoms with E-state index in [1.165, 1.54) is 30.0 Å². The predicted octanol–water partition coefficient (Wildman–Crippen LogP) is 3.41. The SMILES string of the molecule is CN1CCN(C(=O)c2ccc(SCc3cccc(F)c3)c([N+](=O)[O-])c2)CC1. The summed E-state index contributed by atoms with van der Waals surface area (Å²) in [7, 11) is 2.00. The molecule has 0 N–H and O–H groups in total. The molecule has 6 nitrogen and oxygen atoms in total. The molecular weight excluding hydrogens is 369 g/mol. The molecule has 1 heterocycles. The van der Waals surface area contributed by atoms with Crippen molar-refractivity contribution in [1.29, 1.82) is 0 Å². The Morgan fingerprint density at radius 2 is 1.93 bits per heavy atom. The third kappa shape index (κ3) is 4.84. The van der Waals surface area contributed by atoms with Crippen LogP contribution in [0.4, 0.5) is 10.1 Å². The topological polar surface area (TPSA) is 66.7 Å². The number of halogens is 1. The van der Waals surface area contributed by atoms with Gasteiger partial charge in [0.05, 0.1) is 9.82 Å². The van der Waals surface area contributed by atoms with Crippen LogP contribution in [0.15, 0.2) is 47.4 Å². The van der Waals surface area contributed by atoms with Gasteiger partial charge in [-0.25, -0.2) is 4.39 Å². The lowest BCUT2D eigenvalue weighted by molar-refractivity contribution is -0.387. The second kappa shape index (κ2) is 8.49. The number of nitrogens with zero attached hydrogens (tertiary/aromatic N) is 3. The van der Waals surface area contributed by atoms with Crippen molar-refractivity contribution in [2.75, 3.05) is 33.2 Å². The minimum absolute atomic E-state index is 0.101. The molecule has 0 unspecified atom stereocenters. The number of amides is 1. The van der Waals surface area contributed by atoms with Crippen LogP contribution in [-0.4, -0.2) is 53.9 Å². The number of nitro benzene ring substituents is 1. The normalized spacial score (nSPS) is 15.0. The van der Waals surface area contributed by atoms with Gasteiger partial charge in [-0.1, -0.05) is 12.1 Å². The summed E-state index contributed by atoms with van der Waals surface area (Å²) in [6.45, 7) is 2.79. The van der Waals surface area contributed by atoms with Crippen LogP contribution >= 0.6 is 11.8 Å². The zero-order chi connectivity index (χ0) is 19.4. The molecule has 8 heteroatoms. The van der Waals surface area contributed by atoms with Gasteiger partial charge in [0, 0.05) is 43.6 Å². The van der Waals surface area contributed by atoms with E-state index in [-0.39, 0.29) is 17.4 Å². The summed E-state index contributed by atoms with van der Waals surface area (Å²) >= 11 is 1.25. The van der Waals surface area contributed by atoms with Gasteiger partial charge in [0.25, 0.3) is 11.6 Å². The Bertz CT molecular complexity index is 854. The summed E-state index contributed by atoms with van der Waals surface area (Å²) < 4.78 is 13.3. The molecule has 1 aliphatic heterocycles. The lowest BCUT2D eigenvalue weighted by Gasteiger charge is -2.32. The summed E-state index contributed by atoms with van der Waals surface area (Å²) in [4.78, 5) is 28.0. The van der Waals surface area contributed by atoms with Crippen molar-refractivity contribution in [3.8, 4) is 0 Å². The fraction of sp³-hybridized carbons (Fsp3) is 0.316. The molecule has 0 bridgehead atoms. The molecule has 0 aromatic heterocycles. The van der Waals surface area contributed by atoms with E-state index in [1.807, 2.05) is 7.05 Å². The van der Waals surface area contributed by atoms with Crippen LogP contribution in [0.25, 0.3) is 0 Å². The Morgan fingerprint density at radius 1 is 1.19 bits per heavy atom. The maximum absolute atomic E-state index is 13.3. The molecule has 1 saturated heterocycles. The van der Waals surface area contributed by atoms with Crippen molar-refractivity contribution < 1.29 is 14.1 Å². The minimum atomic E-state index is -0.478. The average Bonchev–Trinajstić information content (AvgIpc) is 2.66. The summed E-state index contributed by atoms with van der Waals surface area (Å²) in [5.41, 5.74) is 0.963. The number of hydrogen-bond acceptors (Lipinski definition) is 5. The van der Waals surface area contributed by atoms with Gasteiger partial charge in [-0.2, -0.15) is 0 Å². The smallest absolute Gasteiger partial charge is 0.283 e. The Balaban J connectivity index is 1.76. The zero-order valence-electron chi connectivity index (χ0n) is 14.9. The van der Waals surface area contributed by atoms with Crippen molar-refractivity contribution in [3.63, 3.8) is 0 Å². The number of carbonyl (C=O) groups excluding carboxylic acids is 1. The summed E-state index contributed by atoms with van der Waals surface area (Å²) in [6.07, 6.45) is 0. The number of thioether (sulfide) groups is 1. The first-order valence-electron chi connectivity index (χ1n) is 8.57. The van der Waals surface area contributed by atoms with Gasteiger partial charge in [0.1, 0.15) is 5.82 Å². The van der Waals surface area contributed by atoms with Crippen molar-refractivity contribution >= 4 is 23.4 Å². The summed E-state index contributed by atoms with van der Waals surface area (Å²) in [5, 5.41) is 11.5. The first-order valence-corrected chi connectivity index (χ1v) is 9.56. The van der Waals surface area contributed by atoms with Crippen LogP contribution in [0.5, 0.6) is 0 Å². The van der Waals surface area contributed by atoms with Crippen LogP contribution in [0.1, 0.15) is 15.9 Å². The van der Waals surface area contributed by atoms with Crippen LogP contribution in [-0.2, 0) is 5.75 Å². The fourth-order valence-corrected chi connectivity index (χ4v) is 3.84. The highest BCUT2D eigenvalue weighted by atomic mass is 32.2. The first-order chi connectivity index (χ1) is 12.9. The van der Waals surface area contributed by atoms with E-state index in [0.717, 1.165) is 18.7 Å². The van der Waals surface area contributed by atoms with Crippen LogP contribution in [0, 0.1) is 15.9 Å². The number of rotatable bonds is 5. The standard InChI is InChI=1S/C19H20FN3O3S/c1-21-7-9-22(10-8-21)19(24)15-5-6-18(17(12-15)23(25)26)27-13-14-3-2-4-16(20)11-14/h2-6,11-12H,7-10,13H2,1H3. The molecule has 0 saturated carbocycles. The van der Waals surface area contributed by atoms with Crippen LogP contribution in [0.3, 0.4) is 0 Å². The summed E-state index contributed by atoms with van der Waals surface area (Å²) in [6, 6.07) is 10.7. The van der Waals surface area contributed by atoms with Gasteiger partial charge in [-0.3, -0.25) is 14.9 Å². The van der Waals surface area contributed by atoms with Crippen molar-refractivity contribution in [2.24, 2.45) is 0 Å². The number of nitro groups is 1. The maximum atomic E-state index is 13.3. The number of piperazine rings is 1. The highest BCUT2D eigenvalue weighted by molar-refractivity contribution is 7.98. The Hall–Kier alpha value is -2.45. The van der Waals surface area contributed by atoms with Crippen molar-refractivity contribution in [1.82, 2.24) is 9.80 Å². The Morgan fingerprint density at radius 3 is 2.59 bits per heavy atom. The van der Waals surface area contributed by atoms with E-state index in [0.29, 0.717) is 29.3 Å². The third-order valence-electron chi connectivity index (χ3n) is 4.48. The monoisotopic (exact) mass is 389 g/mol. The molecule has 0 atom stereocenters. The molecule has 142 valence electrons. The third-order valence-corrected chi connectivity index (χ3v) is 5.61. The molecular formula is C19H20FN3O3S. The molecule has 1 fully saturated rings. The number of hydrogen-bond donors (Lipinski definition) is 0. The van der Waals surface area contributed by atoms with E-state index >= 15 is 0 Å². The molecule has 0 aliphatic carbocycles. The number of benzene rings is 2. The molecule has 0 radical (unpaired) electrons. The van der Waals surface area contributed by atoms with E-state index in [4.69, 9.17) is 0 Å². The zero-order valence-corrected chi connectivity index (χ0v) is 15.7. The van der Waals surface area contributed by atoms with Crippen LogP contribution in [0.2, 0.25) is 0 Å². The maximum Gasteiger partial charge on any atom is 0.283 e. The predicted molar refractivity (Wildman–Crippen MR) is 102 cm³/mol. The van der Waals surface area contributed by atoms with Crippen molar-refractivity contribution in [3.05, 3.63) is 69.5 Å².